The lowest BCUT2D eigenvalue weighted by molar-refractivity contribution is 0.257. The first kappa shape index (κ1) is 17.2. The molecular weight excluding hydrogens is 196 g/mol. The SMILES string of the molecule is OCCCCCCO.OCCCCCO. The Kier molecular flexibility index (Phi) is 22.3. The van der Waals surface area contributed by atoms with Gasteiger partial charge in [-0.15, -0.1) is 0 Å². The number of hydrogen-bond donors (Lipinski definition) is 4. The Morgan fingerprint density at radius 3 is 0.733 bits per heavy atom. The molecule has 94 valence electrons. The van der Waals surface area contributed by atoms with Crippen LogP contribution in [0.2, 0.25) is 0 Å². The van der Waals surface area contributed by atoms with Crippen LogP contribution in [0.1, 0.15) is 44.9 Å². The van der Waals surface area contributed by atoms with Gasteiger partial charge in [0.15, 0.2) is 0 Å². The summed E-state index contributed by atoms with van der Waals surface area (Å²) in [6.07, 6.45) is 6.40. The largest absolute Gasteiger partial charge is 0.396 e. The van der Waals surface area contributed by atoms with Crippen molar-refractivity contribution in [3.05, 3.63) is 0 Å². The minimum Gasteiger partial charge on any atom is -0.396 e. The molecule has 4 N–H and O–H groups in total. The number of aliphatic hydroxyl groups is 4. The number of aliphatic hydroxyl groups excluding tert-OH is 4. The molecule has 0 unspecified atom stereocenters. The van der Waals surface area contributed by atoms with Crippen LogP contribution in [0, 0.1) is 0 Å². The minimum absolute atomic E-state index is 0.250. The summed E-state index contributed by atoms with van der Waals surface area (Å²) in [7, 11) is 0. The van der Waals surface area contributed by atoms with E-state index in [-0.39, 0.29) is 26.4 Å². The lowest BCUT2D eigenvalue weighted by atomic mass is 10.2. The van der Waals surface area contributed by atoms with Crippen molar-refractivity contribution in [2.24, 2.45) is 0 Å². The highest BCUT2D eigenvalue weighted by Gasteiger charge is 1.84. The fourth-order valence-electron chi connectivity index (χ4n) is 0.978. The molecule has 0 aromatic heterocycles. The summed E-state index contributed by atoms with van der Waals surface area (Å²) in [5, 5.41) is 33.0. The van der Waals surface area contributed by atoms with Crippen LogP contribution in [-0.4, -0.2) is 46.9 Å². The molecule has 0 atom stereocenters. The fourth-order valence-corrected chi connectivity index (χ4v) is 0.978. The van der Waals surface area contributed by atoms with E-state index in [9.17, 15) is 0 Å². The third-order valence-electron chi connectivity index (χ3n) is 1.88. The zero-order valence-corrected chi connectivity index (χ0v) is 9.57. The van der Waals surface area contributed by atoms with Gasteiger partial charge in [0.05, 0.1) is 0 Å². The van der Waals surface area contributed by atoms with Crippen molar-refractivity contribution in [2.45, 2.75) is 44.9 Å². The molecule has 0 radical (unpaired) electrons. The first-order chi connectivity index (χ1) is 7.33. The van der Waals surface area contributed by atoms with Gasteiger partial charge in [-0.05, 0) is 32.1 Å². The smallest absolute Gasteiger partial charge is 0.0431 e. The third-order valence-corrected chi connectivity index (χ3v) is 1.88. The Labute approximate surface area is 92.6 Å². The topological polar surface area (TPSA) is 80.9 Å². The maximum Gasteiger partial charge on any atom is 0.0431 e. The van der Waals surface area contributed by atoms with Crippen molar-refractivity contribution >= 4 is 0 Å². The molecule has 0 spiro atoms. The maximum absolute atomic E-state index is 8.30. The third kappa shape index (κ3) is 24.8. The predicted molar refractivity (Wildman–Crippen MR) is 60.7 cm³/mol. The first-order valence-corrected chi connectivity index (χ1v) is 5.76. The Morgan fingerprint density at radius 1 is 0.333 bits per heavy atom. The van der Waals surface area contributed by atoms with Gasteiger partial charge in [-0.1, -0.05) is 12.8 Å². The van der Waals surface area contributed by atoms with E-state index in [4.69, 9.17) is 20.4 Å². The zero-order chi connectivity index (χ0) is 11.8. The molecule has 0 heterocycles. The average Bonchev–Trinajstić information content (AvgIpc) is 2.26. The molecule has 0 aliphatic rings. The van der Waals surface area contributed by atoms with E-state index in [1.165, 1.54) is 0 Å². The average molecular weight is 222 g/mol. The summed E-state index contributed by atoms with van der Waals surface area (Å²) >= 11 is 0. The minimum atomic E-state index is 0.250. The highest BCUT2D eigenvalue weighted by Crippen LogP contribution is 1.96. The number of rotatable bonds is 9. The van der Waals surface area contributed by atoms with Crippen LogP contribution < -0.4 is 0 Å². The molecule has 0 rings (SSSR count). The lowest BCUT2D eigenvalue weighted by Crippen LogP contribution is -1.85. The van der Waals surface area contributed by atoms with Gasteiger partial charge in [-0.2, -0.15) is 0 Å². The maximum atomic E-state index is 8.30. The van der Waals surface area contributed by atoms with E-state index in [1.54, 1.807) is 0 Å². The van der Waals surface area contributed by atoms with Crippen molar-refractivity contribution < 1.29 is 20.4 Å². The van der Waals surface area contributed by atoms with Crippen molar-refractivity contribution in [1.82, 2.24) is 0 Å². The number of hydrogen-bond acceptors (Lipinski definition) is 4. The van der Waals surface area contributed by atoms with Crippen LogP contribution in [0.15, 0.2) is 0 Å². The van der Waals surface area contributed by atoms with Gasteiger partial charge in [-0.25, -0.2) is 0 Å². The summed E-state index contributed by atoms with van der Waals surface area (Å²) < 4.78 is 0. The second-order valence-electron chi connectivity index (χ2n) is 3.37. The Bertz CT molecular complexity index is 78.7. The summed E-state index contributed by atoms with van der Waals surface area (Å²) in [4.78, 5) is 0. The molecule has 0 fully saturated rings. The van der Waals surface area contributed by atoms with E-state index < -0.39 is 0 Å². The van der Waals surface area contributed by atoms with Crippen molar-refractivity contribution in [3.8, 4) is 0 Å². The molecule has 15 heavy (non-hydrogen) atoms. The summed E-state index contributed by atoms with van der Waals surface area (Å²) in [5.41, 5.74) is 0. The van der Waals surface area contributed by atoms with Crippen molar-refractivity contribution in [1.29, 1.82) is 0 Å². The number of unbranched alkanes of at least 4 members (excludes halogenated alkanes) is 5. The molecular formula is C11H26O4. The van der Waals surface area contributed by atoms with Crippen LogP contribution in [0.5, 0.6) is 0 Å². The van der Waals surface area contributed by atoms with Crippen molar-refractivity contribution in [2.75, 3.05) is 26.4 Å². The Balaban J connectivity index is 0. The highest BCUT2D eigenvalue weighted by molar-refractivity contribution is 4.39. The second kappa shape index (κ2) is 19.4. The normalized spacial score (nSPS) is 9.60. The van der Waals surface area contributed by atoms with E-state index >= 15 is 0 Å². The molecule has 0 saturated carbocycles. The summed E-state index contributed by atoms with van der Waals surface area (Å²) in [5.74, 6) is 0. The van der Waals surface area contributed by atoms with Gasteiger partial charge in [0.1, 0.15) is 0 Å². The van der Waals surface area contributed by atoms with Crippen molar-refractivity contribution in [3.63, 3.8) is 0 Å². The quantitative estimate of drug-likeness (QED) is 0.432. The molecule has 0 bridgehead atoms. The molecule has 0 aliphatic heterocycles. The van der Waals surface area contributed by atoms with Gasteiger partial charge in [-0.3, -0.25) is 0 Å². The van der Waals surface area contributed by atoms with E-state index in [0.717, 1.165) is 44.9 Å². The molecule has 4 heteroatoms. The molecule has 0 aliphatic carbocycles. The van der Waals surface area contributed by atoms with Crippen LogP contribution >= 0.6 is 0 Å². The zero-order valence-electron chi connectivity index (χ0n) is 9.57. The van der Waals surface area contributed by atoms with E-state index in [0.29, 0.717) is 0 Å². The second-order valence-corrected chi connectivity index (χ2v) is 3.37. The van der Waals surface area contributed by atoms with Crippen LogP contribution in [0.4, 0.5) is 0 Å². The Hall–Kier alpha value is -0.160. The van der Waals surface area contributed by atoms with Gasteiger partial charge in [0.2, 0.25) is 0 Å². The molecule has 4 nitrogen and oxygen atoms in total. The Morgan fingerprint density at radius 2 is 0.533 bits per heavy atom. The van der Waals surface area contributed by atoms with E-state index in [1.807, 2.05) is 0 Å². The molecule has 0 saturated heterocycles. The lowest BCUT2D eigenvalue weighted by Gasteiger charge is -1.93. The summed E-state index contributed by atoms with van der Waals surface area (Å²) in [6.45, 7) is 1.07. The van der Waals surface area contributed by atoms with Crippen LogP contribution in [0.3, 0.4) is 0 Å². The fraction of sp³-hybridized carbons (Fsp3) is 1.00. The van der Waals surface area contributed by atoms with E-state index in [2.05, 4.69) is 0 Å². The molecule has 0 amide bonds. The molecule has 0 aromatic rings. The first-order valence-electron chi connectivity index (χ1n) is 5.76. The summed E-state index contributed by atoms with van der Waals surface area (Å²) in [6, 6.07) is 0. The monoisotopic (exact) mass is 222 g/mol. The van der Waals surface area contributed by atoms with Crippen LogP contribution in [0.25, 0.3) is 0 Å². The van der Waals surface area contributed by atoms with Crippen LogP contribution in [-0.2, 0) is 0 Å². The predicted octanol–water partition coefficient (Wildman–Crippen LogP) is 0.673. The molecule has 0 aromatic carbocycles. The van der Waals surface area contributed by atoms with Gasteiger partial charge in [0.25, 0.3) is 0 Å². The highest BCUT2D eigenvalue weighted by atomic mass is 16.3. The van der Waals surface area contributed by atoms with Gasteiger partial charge < -0.3 is 20.4 Å². The van der Waals surface area contributed by atoms with Gasteiger partial charge in [0, 0.05) is 26.4 Å². The van der Waals surface area contributed by atoms with Gasteiger partial charge >= 0.3 is 0 Å². The standard InChI is InChI=1S/C6H14O2.C5H12O2/c7-5-3-1-2-4-6-8;6-4-2-1-3-5-7/h7-8H,1-6H2;6-7H,1-5H2.